The Hall–Kier alpha value is -1.24. The number of likely N-dealkylation sites (N-methyl/N-ethyl adjacent to an activating group) is 1. The molecule has 1 N–H and O–H groups in total. The maximum Gasteiger partial charge on any atom is 0.246 e. The van der Waals surface area contributed by atoms with Crippen LogP contribution in [0, 0.1) is 5.82 Å². The van der Waals surface area contributed by atoms with Gasteiger partial charge in [0.05, 0.1) is 0 Å². The third-order valence-corrected chi connectivity index (χ3v) is 4.73. The standard InChI is InChI=1S/C15H23FN2O2S/c1-11(2)10-18(5)21(19,20)15-7-6-13(8-14(15)16)9-17-12(3)4/h6-8,12,17H,1,9-10H2,2-5H3. The van der Waals surface area contributed by atoms with Gasteiger partial charge in [-0.25, -0.2) is 12.8 Å². The van der Waals surface area contributed by atoms with Gasteiger partial charge in [-0.1, -0.05) is 32.1 Å². The van der Waals surface area contributed by atoms with Gasteiger partial charge in [-0.2, -0.15) is 4.31 Å². The quantitative estimate of drug-likeness (QED) is 0.787. The number of hydrogen-bond acceptors (Lipinski definition) is 3. The van der Waals surface area contributed by atoms with Crippen molar-refractivity contribution in [2.45, 2.75) is 38.3 Å². The molecule has 0 aromatic heterocycles. The maximum absolute atomic E-state index is 14.1. The summed E-state index contributed by atoms with van der Waals surface area (Å²) in [5, 5.41) is 3.16. The molecule has 0 radical (unpaired) electrons. The van der Waals surface area contributed by atoms with Crippen LogP contribution >= 0.6 is 0 Å². The Morgan fingerprint density at radius 3 is 2.52 bits per heavy atom. The molecule has 0 fully saturated rings. The van der Waals surface area contributed by atoms with Gasteiger partial charge in [-0.05, 0) is 24.6 Å². The Morgan fingerprint density at radius 1 is 1.43 bits per heavy atom. The molecule has 0 amide bonds. The fourth-order valence-electron chi connectivity index (χ4n) is 1.82. The molecule has 1 aromatic rings. The Labute approximate surface area is 126 Å². The SMILES string of the molecule is C=C(C)CN(C)S(=O)(=O)c1ccc(CNC(C)C)cc1F. The first-order chi connectivity index (χ1) is 9.64. The Balaban J connectivity index is 3.01. The van der Waals surface area contributed by atoms with E-state index in [-0.39, 0.29) is 17.5 Å². The molecule has 0 unspecified atom stereocenters. The molecule has 21 heavy (non-hydrogen) atoms. The lowest BCUT2D eigenvalue weighted by molar-refractivity contribution is 0.483. The summed E-state index contributed by atoms with van der Waals surface area (Å²) < 4.78 is 39.8. The van der Waals surface area contributed by atoms with Crippen LogP contribution in [0.2, 0.25) is 0 Å². The highest BCUT2D eigenvalue weighted by molar-refractivity contribution is 7.89. The Kier molecular flexibility index (Phi) is 6.07. The zero-order valence-electron chi connectivity index (χ0n) is 13.0. The molecule has 0 saturated carbocycles. The average molecular weight is 314 g/mol. The lowest BCUT2D eigenvalue weighted by atomic mass is 10.2. The highest BCUT2D eigenvalue weighted by atomic mass is 32.2. The van der Waals surface area contributed by atoms with E-state index >= 15 is 0 Å². The molecular formula is C15H23FN2O2S. The second-order valence-corrected chi connectivity index (χ2v) is 7.53. The molecule has 0 saturated heterocycles. The van der Waals surface area contributed by atoms with Crippen LogP contribution in [0.5, 0.6) is 0 Å². The molecular weight excluding hydrogens is 291 g/mol. The van der Waals surface area contributed by atoms with Gasteiger partial charge < -0.3 is 5.32 Å². The summed E-state index contributed by atoms with van der Waals surface area (Å²) in [6, 6.07) is 4.48. The summed E-state index contributed by atoms with van der Waals surface area (Å²) in [6.45, 7) is 10.0. The van der Waals surface area contributed by atoms with Crippen molar-refractivity contribution >= 4 is 10.0 Å². The lowest BCUT2D eigenvalue weighted by Crippen LogP contribution is -2.29. The van der Waals surface area contributed by atoms with E-state index in [1.165, 1.54) is 19.2 Å². The fourth-order valence-corrected chi connectivity index (χ4v) is 3.09. The van der Waals surface area contributed by atoms with Crippen LogP contribution in [-0.4, -0.2) is 32.4 Å². The van der Waals surface area contributed by atoms with Crippen LogP contribution in [0.1, 0.15) is 26.3 Å². The van der Waals surface area contributed by atoms with Gasteiger partial charge in [-0.3, -0.25) is 0 Å². The van der Waals surface area contributed by atoms with Gasteiger partial charge >= 0.3 is 0 Å². The van der Waals surface area contributed by atoms with Crippen LogP contribution in [0.25, 0.3) is 0 Å². The van der Waals surface area contributed by atoms with E-state index in [9.17, 15) is 12.8 Å². The van der Waals surface area contributed by atoms with Crippen molar-refractivity contribution in [2.75, 3.05) is 13.6 Å². The topological polar surface area (TPSA) is 49.4 Å². The molecule has 0 aliphatic carbocycles. The van der Waals surface area contributed by atoms with E-state index in [1.54, 1.807) is 13.0 Å². The molecule has 4 nitrogen and oxygen atoms in total. The average Bonchev–Trinajstić information content (AvgIpc) is 2.35. The van der Waals surface area contributed by atoms with Crippen molar-refractivity contribution < 1.29 is 12.8 Å². The summed E-state index contributed by atoms with van der Waals surface area (Å²) in [6.07, 6.45) is 0. The molecule has 118 valence electrons. The summed E-state index contributed by atoms with van der Waals surface area (Å²) >= 11 is 0. The maximum atomic E-state index is 14.1. The van der Waals surface area contributed by atoms with Crippen LogP contribution in [0.4, 0.5) is 4.39 Å². The summed E-state index contributed by atoms with van der Waals surface area (Å²) in [7, 11) is -2.42. The number of benzene rings is 1. The third kappa shape index (κ3) is 4.91. The molecule has 1 aromatic carbocycles. The van der Waals surface area contributed by atoms with E-state index < -0.39 is 15.8 Å². The van der Waals surface area contributed by atoms with E-state index in [0.717, 1.165) is 4.31 Å². The molecule has 0 aliphatic rings. The lowest BCUT2D eigenvalue weighted by Gasteiger charge is -2.18. The number of nitrogens with zero attached hydrogens (tertiary/aromatic N) is 1. The van der Waals surface area contributed by atoms with Crippen LogP contribution in [0.3, 0.4) is 0 Å². The predicted molar refractivity (Wildman–Crippen MR) is 83.0 cm³/mol. The third-order valence-electron chi connectivity index (χ3n) is 2.89. The Bertz CT molecular complexity index is 612. The van der Waals surface area contributed by atoms with E-state index in [2.05, 4.69) is 11.9 Å². The molecule has 0 aliphatic heterocycles. The number of halogens is 1. The monoisotopic (exact) mass is 314 g/mol. The van der Waals surface area contributed by atoms with Crippen LogP contribution < -0.4 is 5.32 Å². The number of rotatable bonds is 7. The predicted octanol–water partition coefficient (Wildman–Crippen LogP) is 2.52. The first-order valence-electron chi connectivity index (χ1n) is 6.77. The minimum atomic E-state index is -3.84. The van der Waals surface area contributed by atoms with E-state index in [0.29, 0.717) is 17.7 Å². The first-order valence-corrected chi connectivity index (χ1v) is 8.21. The molecule has 0 heterocycles. The smallest absolute Gasteiger partial charge is 0.246 e. The van der Waals surface area contributed by atoms with Crippen molar-refractivity contribution in [1.29, 1.82) is 0 Å². The highest BCUT2D eigenvalue weighted by Gasteiger charge is 2.24. The van der Waals surface area contributed by atoms with Crippen molar-refractivity contribution in [3.05, 3.63) is 41.7 Å². The van der Waals surface area contributed by atoms with Gasteiger partial charge in [0.15, 0.2) is 0 Å². The van der Waals surface area contributed by atoms with E-state index in [4.69, 9.17) is 0 Å². The van der Waals surface area contributed by atoms with Gasteiger partial charge in [0.25, 0.3) is 0 Å². The minimum Gasteiger partial charge on any atom is -0.310 e. The van der Waals surface area contributed by atoms with Crippen molar-refractivity contribution in [3.63, 3.8) is 0 Å². The zero-order valence-corrected chi connectivity index (χ0v) is 13.8. The molecule has 6 heteroatoms. The van der Waals surface area contributed by atoms with Gasteiger partial charge in [0.1, 0.15) is 10.7 Å². The molecule has 1 rings (SSSR count). The largest absolute Gasteiger partial charge is 0.310 e. The first kappa shape index (κ1) is 17.8. The fraction of sp³-hybridized carbons (Fsp3) is 0.467. The second kappa shape index (κ2) is 7.15. The number of sulfonamides is 1. The summed E-state index contributed by atoms with van der Waals surface area (Å²) in [5.74, 6) is -0.730. The molecule has 0 spiro atoms. The van der Waals surface area contributed by atoms with Crippen LogP contribution in [-0.2, 0) is 16.6 Å². The number of nitrogens with one attached hydrogen (secondary N) is 1. The highest BCUT2D eigenvalue weighted by Crippen LogP contribution is 2.20. The normalized spacial score (nSPS) is 12.1. The van der Waals surface area contributed by atoms with Gasteiger partial charge in [0, 0.05) is 26.2 Å². The van der Waals surface area contributed by atoms with Crippen molar-refractivity contribution in [1.82, 2.24) is 9.62 Å². The Morgan fingerprint density at radius 2 is 2.05 bits per heavy atom. The zero-order chi connectivity index (χ0) is 16.2. The summed E-state index contributed by atoms with van der Waals surface area (Å²) in [5.41, 5.74) is 1.40. The van der Waals surface area contributed by atoms with Gasteiger partial charge in [0.2, 0.25) is 10.0 Å². The molecule has 0 atom stereocenters. The van der Waals surface area contributed by atoms with E-state index in [1.807, 2.05) is 13.8 Å². The minimum absolute atomic E-state index is 0.165. The molecule has 0 bridgehead atoms. The van der Waals surface area contributed by atoms with Crippen molar-refractivity contribution in [3.8, 4) is 0 Å². The van der Waals surface area contributed by atoms with Crippen molar-refractivity contribution in [2.24, 2.45) is 0 Å². The van der Waals surface area contributed by atoms with Gasteiger partial charge in [-0.15, -0.1) is 0 Å². The second-order valence-electron chi connectivity index (χ2n) is 5.52. The van der Waals surface area contributed by atoms with Crippen LogP contribution in [0.15, 0.2) is 35.2 Å². The summed E-state index contributed by atoms with van der Waals surface area (Å²) in [4.78, 5) is -0.306. The number of hydrogen-bond donors (Lipinski definition) is 1.